The Kier molecular flexibility index (Phi) is 10.9. The number of fused-ring (bicyclic) bond motifs is 4. The van der Waals surface area contributed by atoms with Crippen molar-refractivity contribution in [1.82, 2.24) is 9.80 Å². The average Bonchev–Trinajstić information content (AvgIpc) is 3.16. The normalized spacial score (nSPS) is 32.3. The third kappa shape index (κ3) is 7.64. The Bertz CT molecular complexity index is 1930. The maximum absolute atomic E-state index is 3.19. The fourth-order valence-electron chi connectivity index (χ4n) is 12.6. The lowest BCUT2D eigenvalue weighted by Gasteiger charge is -2.61. The minimum atomic E-state index is -1.92. The highest BCUT2D eigenvalue weighted by atomic mass is 28.3. The highest BCUT2D eigenvalue weighted by Crippen LogP contribution is 2.58. The van der Waals surface area contributed by atoms with Gasteiger partial charge in [0.05, 0.1) is 6.04 Å². The number of allylic oxidation sites excluding steroid dienone is 10. The van der Waals surface area contributed by atoms with Crippen LogP contribution >= 0.6 is 0 Å². The molecule has 0 aromatic carbocycles. The number of hydrogen-bond donors (Lipinski definition) is 0. The predicted molar refractivity (Wildman–Crippen MR) is 255 cm³/mol. The van der Waals surface area contributed by atoms with Crippen LogP contribution in [0.2, 0.25) is 18.9 Å². The van der Waals surface area contributed by atoms with Gasteiger partial charge in [0.2, 0.25) is 6.71 Å². The van der Waals surface area contributed by atoms with Crippen molar-refractivity contribution in [3.8, 4) is 0 Å². The third-order valence-electron chi connectivity index (χ3n) is 16.6. The Morgan fingerprint density at radius 3 is 2.16 bits per heavy atom. The van der Waals surface area contributed by atoms with Gasteiger partial charge in [-0.15, -0.1) is 0 Å². The van der Waals surface area contributed by atoms with Crippen LogP contribution in [-0.2, 0) is 0 Å². The molecule has 0 bridgehead atoms. The molecule has 1 fully saturated rings. The lowest BCUT2D eigenvalue weighted by molar-refractivity contribution is 0.0813. The SMILES string of the molecule is CC(C)(C)C1=CC(N2C3=CC(C(C)(C)C)CC=C3B3C4=C2C=C([Si](C)(C)C2=CCCCC2)CC4N(C2C=CCC(C(C)(C)C)C2)C2C=C(C(C)(C)C)CCC32)CC=C1. The molecule has 1 saturated heterocycles. The zero-order valence-corrected chi connectivity index (χ0v) is 40.6. The van der Waals surface area contributed by atoms with E-state index in [1.807, 2.05) is 10.4 Å². The van der Waals surface area contributed by atoms with Crippen LogP contribution in [0.4, 0.5) is 0 Å². The quantitative estimate of drug-likeness (QED) is 0.207. The van der Waals surface area contributed by atoms with Crippen LogP contribution in [0.25, 0.3) is 0 Å². The standard InChI is InChI=1S/C54H81BN2Si/c1-51(2,3)36-20-18-22-40(30-36)56-46-32-38(53(7,8)9)26-28-44(46)55-45-29-27-39(54(10,11)12)33-47(45)57(41-23-19-21-37(31-41)52(4,5)6)49-35-43(34-48(56)50(49)55)58(13,14)42-24-16-15-17-25-42/h18-20,23-24,28,30,32-34,37-38,40-41,45,47,49H,15-17,21-22,25-27,29,31,35H2,1-14H3. The summed E-state index contributed by atoms with van der Waals surface area (Å²) in [6, 6.07) is 1.64. The Morgan fingerprint density at radius 2 is 1.50 bits per heavy atom. The second kappa shape index (κ2) is 15.0. The van der Waals surface area contributed by atoms with Crippen molar-refractivity contribution < 1.29 is 0 Å². The molecule has 58 heavy (non-hydrogen) atoms. The van der Waals surface area contributed by atoms with Crippen LogP contribution in [0.15, 0.2) is 105 Å². The van der Waals surface area contributed by atoms with Gasteiger partial charge in [-0.05, 0) is 115 Å². The maximum Gasteiger partial charge on any atom is 0.216 e. The van der Waals surface area contributed by atoms with Crippen LogP contribution in [0, 0.1) is 33.5 Å². The maximum atomic E-state index is 3.19. The molecule has 8 rings (SSSR count). The molecule has 0 amide bonds. The smallest absolute Gasteiger partial charge is 0.216 e. The molecular weight excluding hydrogens is 716 g/mol. The van der Waals surface area contributed by atoms with Crippen molar-refractivity contribution in [2.24, 2.45) is 33.5 Å². The van der Waals surface area contributed by atoms with Gasteiger partial charge in [0.25, 0.3) is 0 Å². The summed E-state index contributed by atoms with van der Waals surface area (Å²) in [5.41, 5.74) is 10.7. The summed E-state index contributed by atoms with van der Waals surface area (Å²) < 4.78 is 0. The first-order chi connectivity index (χ1) is 27.0. The zero-order valence-electron chi connectivity index (χ0n) is 39.6. The zero-order chi connectivity index (χ0) is 41.7. The van der Waals surface area contributed by atoms with Crippen LogP contribution < -0.4 is 0 Å². The van der Waals surface area contributed by atoms with Crippen LogP contribution in [0.3, 0.4) is 0 Å². The number of rotatable bonds is 4. The van der Waals surface area contributed by atoms with E-state index >= 15 is 0 Å². The monoisotopic (exact) mass is 797 g/mol. The summed E-state index contributed by atoms with van der Waals surface area (Å²) in [5, 5.41) is 3.63. The molecule has 7 atom stereocenters. The minimum absolute atomic E-state index is 0.113. The summed E-state index contributed by atoms with van der Waals surface area (Å²) in [6.07, 6.45) is 40.7. The lowest BCUT2D eigenvalue weighted by atomic mass is 9.25. The first-order valence-corrected chi connectivity index (χ1v) is 27.0. The van der Waals surface area contributed by atoms with Crippen LogP contribution in [0.5, 0.6) is 0 Å². The molecule has 0 saturated carbocycles. The molecular formula is C54H81BN2Si. The Balaban J connectivity index is 1.41. The van der Waals surface area contributed by atoms with E-state index in [4.69, 9.17) is 0 Å². The second-order valence-corrected chi connectivity index (χ2v) is 29.3. The van der Waals surface area contributed by atoms with Gasteiger partial charge in [0.1, 0.15) is 8.07 Å². The van der Waals surface area contributed by atoms with Gasteiger partial charge in [-0.3, -0.25) is 4.90 Å². The average molecular weight is 797 g/mol. The van der Waals surface area contributed by atoms with E-state index < -0.39 is 8.07 Å². The van der Waals surface area contributed by atoms with E-state index in [1.54, 1.807) is 27.9 Å². The Labute approximate surface area is 358 Å². The first-order valence-electron chi connectivity index (χ1n) is 24.0. The minimum Gasteiger partial charge on any atom is -0.336 e. The topological polar surface area (TPSA) is 6.48 Å². The van der Waals surface area contributed by atoms with Crippen molar-refractivity contribution in [2.75, 3.05) is 0 Å². The molecule has 0 spiro atoms. The van der Waals surface area contributed by atoms with Crippen LogP contribution in [0.1, 0.15) is 154 Å². The van der Waals surface area contributed by atoms with Gasteiger partial charge in [-0.25, -0.2) is 0 Å². The number of nitrogens with zero attached hydrogens (tertiary/aromatic N) is 2. The van der Waals surface area contributed by atoms with Gasteiger partial charge >= 0.3 is 0 Å². The Hall–Kier alpha value is -2.30. The van der Waals surface area contributed by atoms with Crippen molar-refractivity contribution >= 4 is 14.8 Å². The first kappa shape index (κ1) is 42.4. The van der Waals surface area contributed by atoms with E-state index in [0.29, 0.717) is 53.9 Å². The molecule has 2 nitrogen and oxygen atoms in total. The van der Waals surface area contributed by atoms with E-state index in [0.717, 1.165) is 12.8 Å². The van der Waals surface area contributed by atoms with Gasteiger partial charge in [-0.1, -0.05) is 184 Å². The van der Waals surface area contributed by atoms with E-state index in [9.17, 15) is 0 Å². The van der Waals surface area contributed by atoms with Gasteiger partial charge in [-0.2, -0.15) is 0 Å². The van der Waals surface area contributed by atoms with E-state index in [-0.39, 0.29) is 16.2 Å². The van der Waals surface area contributed by atoms with Gasteiger partial charge in [0.15, 0.2) is 0 Å². The molecule has 314 valence electrons. The number of hydrogen-bond acceptors (Lipinski definition) is 2. The third-order valence-corrected chi connectivity index (χ3v) is 20.6. The molecule has 0 aromatic heterocycles. The molecule has 0 N–H and O–H groups in total. The fraction of sp³-hybridized carbons (Fsp3) is 0.667. The molecule has 2 aliphatic heterocycles. The van der Waals surface area contributed by atoms with E-state index in [2.05, 4.69) is 167 Å². The molecule has 6 aliphatic carbocycles. The molecule has 8 aliphatic rings. The fourth-order valence-corrected chi connectivity index (χ4v) is 15.7. The van der Waals surface area contributed by atoms with Gasteiger partial charge in [0, 0.05) is 29.5 Å². The van der Waals surface area contributed by atoms with Crippen molar-refractivity contribution in [3.05, 3.63) is 105 Å². The predicted octanol–water partition coefficient (Wildman–Crippen LogP) is 14.5. The molecule has 2 heterocycles. The largest absolute Gasteiger partial charge is 0.336 e. The van der Waals surface area contributed by atoms with Crippen molar-refractivity contribution in [2.45, 2.75) is 197 Å². The highest BCUT2D eigenvalue weighted by molar-refractivity contribution is 6.90. The van der Waals surface area contributed by atoms with Crippen LogP contribution in [-0.4, -0.2) is 48.8 Å². The lowest BCUT2D eigenvalue weighted by Crippen LogP contribution is -2.65. The molecule has 0 aromatic rings. The van der Waals surface area contributed by atoms with Crippen molar-refractivity contribution in [1.29, 1.82) is 0 Å². The van der Waals surface area contributed by atoms with Crippen molar-refractivity contribution in [3.63, 3.8) is 0 Å². The molecule has 7 unspecified atom stereocenters. The summed E-state index contributed by atoms with van der Waals surface area (Å²) in [4.78, 5) is 6.15. The summed E-state index contributed by atoms with van der Waals surface area (Å²) in [6.45, 7) is 35.5. The van der Waals surface area contributed by atoms with E-state index in [1.165, 1.54) is 63.4 Å². The summed E-state index contributed by atoms with van der Waals surface area (Å²) in [7, 11) is -1.92. The molecule has 4 heteroatoms. The summed E-state index contributed by atoms with van der Waals surface area (Å²) >= 11 is 0. The van der Waals surface area contributed by atoms with Gasteiger partial charge < -0.3 is 4.90 Å². The summed E-state index contributed by atoms with van der Waals surface area (Å²) in [5.74, 6) is 1.81. The highest BCUT2D eigenvalue weighted by Gasteiger charge is 2.58. The second-order valence-electron chi connectivity index (χ2n) is 24.8. The molecule has 0 radical (unpaired) electrons. The Morgan fingerprint density at radius 1 is 0.741 bits per heavy atom.